The molecule has 1 N–H and O–H groups in total. The third-order valence-electron chi connectivity index (χ3n) is 4.71. The number of piperazine rings is 1. The van der Waals surface area contributed by atoms with Crippen LogP contribution in [0.15, 0.2) is 48.5 Å². The molecule has 0 aromatic heterocycles. The van der Waals surface area contributed by atoms with Gasteiger partial charge in [0.15, 0.2) is 0 Å². The van der Waals surface area contributed by atoms with Crippen molar-refractivity contribution in [3.8, 4) is 0 Å². The highest BCUT2D eigenvalue weighted by atomic mass is 16.2. The van der Waals surface area contributed by atoms with Crippen LogP contribution in [0.4, 0.5) is 10.5 Å². The second-order valence-electron chi connectivity index (χ2n) is 6.78. The first-order valence-corrected chi connectivity index (χ1v) is 9.02. The van der Waals surface area contributed by atoms with Crippen molar-refractivity contribution in [3.05, 3.63) is 65.2 Å². The quantitative estimate of drug-likeness (QED) is 0.928. The number of carbonyl (C=O) groups excluding carboxylic acids is 1. The molecule has 1 aliphatic rings. The van der Waals surface area contributed by atoms with Crippen LogP contribution < -0.4 is 10.2 Å². The Hall–Kier alpha value is -2.49. The van der Waals surface area contributed by atoms with Gasteiger partial charge in [-0.15, -0.1) is 0 Å². The topological polar surface area (TPSA) is 35.6 Å². The van der Waals surface area contributed by atoms with E-state index < -0.39 is 0 Å². The van der Waals surface area contributed by atoms with Crippen LogP contribution in [0.3, 0.4) is 0 Å². The molecular formula is C21H27N3O. The highest BCUT2D eigenvalue weighted by Crippen LogP contribution is 2.17. The Morgan fingerprint density at radius 3 is 2.32 bits per heavy atom. The molecule has 1 saturated heterocycles. The zero-order chi connectivity index (χ0) is 17.6. The minimum atomic E-state index is 0.0524. The van der Waals surface area contributed by atoms with E-state index in [4.69, 9.17) is 0 Å². The van der Waals surface area contributed by atoms with E-state index in [1.807, 2.05) is 4.90 Å². The maximum Gasteiger partial charge on any atom is 0.317 e. The number of nitrogens with zero attached hydrogens (tertiary/aromatic N) is 2. The van der Waals surface area contributed by atoms with Gasteiger partial charge in [0.2, 0.25) is 0 Å². The average molecular weight is 337 g/mol. The van der Waals surface area contributed by atoms with Gasteiger partial charge in [0.05, 0.1) is 0 Å². The molecule has 0 bridgehead atoms. The van der Waals surface area contributed by atoms with Gasteiger partial charge >= 0.3 is 6.03 Å². The highest BCUT2D eigenvalue weighted by Gasteiger charge is 2.20. The Labute approximate surface area is 150 Å². The molecule has 0 spiro atoms. The van der Waals surface area contributed by atoms with Crippen LogP contribution in [0.25, 0.3) is 0 Å². The Balaban J connectivity index is 1.44. The van der Waals surface area contributed by atoms with Crippen molar-refractivity contribution in [2.24, 2.45) is 0 Å². The molecule has 0 aliphatic carbocycles. The van der Waals surface area contributed by atoms with Gasteiger partial charge in [0.1, 0.15) is 0 Å². The predicted octanol–water partition coefficient (Wildman–Crippen LogP) is 3.38. The summed E-state index contributed by atoms with van der Waals surface area (Å²) in [4.78, 5) is 16.6. The lowest BCUT2D eigenvalue weighted by atomic mass is 10.1. The van der Waals surface area contributed by atoms with E-state index in [0.29, 0.717) is 6.54 Å². The fourth-order valence-corrected chi connectivity index (χ4v) is 3.29. The lowest BCUT2D eigenvalue weighted by Crippen LogP contribution is -2.52. The third kappa shape index (κ3) is 4.75. The van der Waals surface area contributed by atoms with E-state index in [0.717, 1.165) is 32.6 Å². The second-order valence-corrected chi connectivity index (χ2v) is 6.78. The average Bonchev–Trinajstić information content (AvgIpc) is 2.62. The molecule has 0 radical (unpaired) electrons. The highest BCUT2D eigenvalue weighted by molar-refractivity contribution is 5.74. The van der Waals surface area contributed by atoms with Gasteiger partial charge in [-0.3, -0.25) is 0 Å². The number of urea groups is 1. The summed E-state index contributed by atoms with van der Waals surface area (Å²) in [5, 5.41) is 3.05. The van der Waals surface area contributed by atoms with E-state index in [2.05, 4.69) is 72.6 Å². The Morgan fingerprint density at radius 2 is 1.64 bits per heavy atom. The van der Waals surface area contributed by atoms with E-state index in [1.165, 1.54) is 22.4 Å². The van der Waals surface area contributed by atoms with Crippen molar-refractivity contribution < 1.29 is 4.79 Å². The summed E-state index contributed by atoms with van der Waals surface area (Å²) in [7, 11) is 0. The van der Waals surface area contributed by atoms with Crippen molar-refractivity contribution in [1.29, 1.82) is 0 Å². The smallest absolute Gasteiger partial charge is 0.317 e. The first kappa shape index (κ1) is 17.3. The third-order valence-corrected chi connectivity index (χ3v) is 4.71. The number of benzene rings is 2. The molecule has 1 heterocycles. The molecule has 25 heavy (non-hydrogen) atoms. The molecule has 132 valence electrons. The van der Waals surface area contributed by atoms with E-state index in [-0.39, 0.29) is 6.03 Å². The molecular weight excluding hydrogens is 310 g/mol. The first-order valence-electron chi connectivity index (χ1n) is 9.02. The summed E-state index contributed by atoms with van der Waals surface area (Å²) >= 11 is 0. The molecule has 2 aromatic rings. The Morgan fingerprint density at radius 1 is 0.960 bits per heavy atom. The SMILES string of the molecule is Cc1cccc(CCNC(=O)N2CCN(c3cccc(C)c3)CC2)c1. The number of nitrogens with one attached hydrogen (secondary N) is 1. The van der Waals surface area contributed by atoms with Crippen LogP contribution in [0.2, 0.25) is 0 Å². The van der Waals surface area contributed by atoms with Gasteiger partial charge in [-0.1, -0.05) is 42.0 Å². The minimum absolute atomic E-state index is 0.0524. The van der Waals surface area contributed by atoms with Crippen LogP contribution in [-0.4, -0.2) is 43.7 Å². The van der Waals surface area contributed by atoms with Gasteiger partial charge < -0.3 is 15.1 Å². The van der Waals surface area contributed by atoms with Crippen molar-refractivity contribution in [1.82, 2.24) is 10.2 Å². The van der Waals surface area contributed by atoms with E-state index in [1.54, 1.807) is 0 Å². The number of anilines is 1. The van der Waals surface area contributed by atoms with Gasteiger partial charge in [-0.25, -0.2) is 4.79 Å². The van der Waals surface area contributed by atoms with Crippen molar-refractivity contribution in [3.63, 3.8) is 0 Å². The standard InChI is InChI=1S/C21H27N3O/c1-17-5-3-7-19(15-17)9-10-22-21(25)24-13-11-23(12-14-24)20-8-4-6-18(2)16-20/h3-8,15-16H,9-14H2,1-2H3,(H,22,25). The molecule has 0 unspecified atom stereocenters. The summed E-state index contributed by atoms with van der Waals surface area (Å²) in [6.45, 7) is 8.19. The molecule has 3 rings (SSSR count). The predicted molar refractivity (Wildman–Crippen MR) is 103 cm³/mol. The molecule has 1 fully saturated rings. The zero-order valence-corrected chi connectivity index (χ0v) is 15.2. The van der Waals surface area contributed by atoms with Crippen LogP contribution in [0.1, 0.15) is 16.7 Å². The van der Waals surface area contributed by atoms with Gasteiger partial charge in [-0.05, 0) is 43.5 Å². The summed E-state index contributed by atoms with van der Waals surface area (Å²) in [5.41, 5.74) is 5.05. The molecule has 2 amide bonds. The largest absolute Gasteiger partial charge is 0.368 e. The van der Waals surface area contributed by atoms with Crippen molar-refractivity contribution in [2.45, 2.75) is 20.3 Å². The van der Waals surface area contributed by atoms with Gasteiger partial charge in [0.25, 0.3) is 0 Å². The lowest BCUT2D eigenvalue weighted by Gasteiger charge is -2.36. The van der Waals surface area contributed by atoms with Crippen molar-refractivity contribution in [2.75, 3.05) is 37.6 Å². The summed E-state index contributed by atoms with van der Waals surface area (Å²) in [6.07, 6.45) is 0.872. The second kappa shape index (κ2) is 8.06. The lowest BCUT2D eigenvalue weighted by molar-refractivity contribution is 0.194. The normalized spacial score (nSPS) is 14.5. The Kier molecular flexibility index (Phi) is 5.59. The van der Waals surface area contributed by atoms with E-state index >= 15 is 0 Å². The fourth-order valence-electron chi connectivity index (χ4n) is 3.29. The number of aryl methyl sites for hydroxylation is 2. The summed E-state index contributed by atoms with van der Waals surface area (Å²) in [6, 6.07) is 17.1. The van der Waals surface area contributed by atoms with Crippen LogP contribution in [-0.2, 0) is 6.42 Å². The Bertz CT molecular complexity index is 721. The maximum atomic E-state index is 12.3. The van der Waals surface area contributed by atoms with Crippen LogP contribution in [0, 0.1) is 13.8 Å². The zero-order valence-electron chi connectivity index (χ0n) is 15.2. The number of hydrogen-bond acceptors (Lipinski definition) is 2. The molecule has 4 nitrogen and oxygen atoms in total. The molecule has 4 heteroatoms. The molecule has 2 aromatic carbocycles. The van der Waals surface area contributed by atoms with Gasteiger partial charge in [0, 0.05) is 38.4 Å². The van der Waals surface area contributed by atoms with Crippen molar-refractivity contribution >= 4 is 11.7 Å². The maximum absolute atomic E-state index is 12.3. The number of carbonyl (C=O) groups is 1. The molecule has 0 saturated carbocycles. The number of hydrogen-bond donors (Lipinski definition) is 1. The number of amides is 2. The van der Waals surface area contributed by atoms with Gasteiger partial charge in [-0.2, -0.15) is 0 Å². The molecule has 1 aliphatic heterocycles. The molecule has 0 atom stereocenters. The number of rotatable bonds is 4. The minimum Gasteiger partial charge on any atom is -0.368 e. The fraction of sp³-hybridized carbons (Fsp3) is 0.381. The first-order chi connectivity index (χ1) is 12.1. The van der Waals surface area contributed by atoms with Crippen LogP contribution in [0.5, 0.6) is 0 Å². The van der Waals surface area contributed by atoms with Crippen LogP contribution >= 0.6 is 0 Å². The summed E-state index contributed by atoms with van der Waals surface area (Å²) < 4.78 is 0. The summed E-state index contributed by atoms with van der Waals surface area (Å²) in [5.74, 6) is 0. The van der Waals surface area contributed by atoms with E-state index in [9.17, 15) is 4.79 Å². The monoisotopic (exact) mass is 337 g/mol.